The molecule has 0 aliphatic heterocycles. The normalized spacial score (nSPS) is 11.5. The molecule has 0 aliphatic carbocycles. The SMILES string of the molecule is Cc1cc(NS(=O)(=O)c2ccc(-n3cc(-c4ccccc4)c(C#N)c3/N=C/c3ccccc3)cc2)on1. The standard InChI is InChI=1S/C28H21N5O3S/c1-20-16-27(36-31-20)32-37(34,35)24-14-12-23(13-15-24)33-19-26(22-10-6-3-7-11-22)25(17-29)28(33)30-18-21-8-4-2-5-9-21/h2-16,18-19,32H,1H3/b30-18+. The maximum atomic E-state index is 12.8. The number of nitriles is 1. The highest BCUT2D eigenvalue weighted by Crippen LogP contribution is 2.35. The van der Waals surface area contributed by atoms with Gasteiger partial charge in [0.2, 0.25) is 5.88 Å². The van der Waals surface area contributed by atoms with Gasteiger partial charge in [-0.1, -0.05) is 65.8 Å². The van der Waals surface area contributed by atoms with E-state index in [9.17, 15) is 13.7 Å². The first kappa shape index (κ1) is 23.8. The van der Waals surface area contributed by atoms with Gasteiger partial charge >= 0.3 is 0 Å². The largest absolute Gasteiger partial charge is 0.338 e. The molecule has 5 aromatic rings. The second-order valence-electron chi connectivity index (χ2n) is 8.19. The van der Waals surface area contributed by atoms with E-state index < -0.39 is 10.0 Å². The van der Waals surface area contributed by atoms with Gasteiger partial charge in [-0.25, -0.2) is 18.1 Å². The molecule has 5 rings (SSSR count). The zero-order valence-corrected chi connectivity index (χ0v) is 20.6. The van der Waals surface area contributed by atoms with Crippen molar-refractivity contribution >= 4 is 27.9 Å². The van der Waals surface area contributed by atoms with Crippen molar-refractivity contribution in [3.05, 3.63) is 114 Å². The predicted molar refractivity (Wildman–Crippen MR) is 142 cm³/mol. The highest BCUT2D eigenvalue weighted by molar-refractivity contribution is 7.92. The number of nitrogens with one attached hydrogen (secondary N) is 1. The lowest BCUT2D eigenvalue weighted by Gasteiger charge is -2.09. The van der Waals surface area contributed by atoms with Gasteiger partial charge in [0.05, 0.1) is 10.6 Å². The zero-order chi connectivity index (χ0) is 25.8. The average Bonchev–Trinajstić information content (AvgIpc) is 3.50. The maximum absolute atomic E-state index is 12.8. The first-order chi connectivity index (χ1) is 17.9. The smallest absolute Gasteiger partial charge is 0.264 e. The number of aryl methyl sites for hydroxylation is 1. The molecule has 9 heteroatoms. The van der Waals surface area contributed by atoms with Gasteiger partial charge in [0.15, 0.2) is 5.82 Å². The number of benzene rings is 3. The van der Waals surface area contributed by atoms with Gasteiger partial charge in [-0.3, -0.25) is 0 Å². The fourth-order valence-corrected chi connectivity index (χ4v) is 4.80. The molecule has 0 amide bonds. The molecule has 2 aromatic heterocycles. The molecule has 2 heterocycles. The summed E-state index contributed by atoms with van der Waals surface area (Å²) in [5.74, 6) is 0.478. The van der Waals surface area contributed by atoms with E-state index in [0.29, 0.717) is 22.8 Å². The summed E-state index contributed by atoms with van der Waals surface area (Å²) in [5.41, 5.74) is 4.11. The molecule has 1 N–H and O–H groups in total. The molecule has 8 nitrogen and oxygen atoms in total. The van der Waals surface area contributed by atoms with Crippen LogP contribution >= 0.6 is 0 Å². The minimum Gasteiger partial charge on any atom is -0.338 e. The third-order valence-electron chi connectivity index (χ3n) is 5.60. The predicted octanol–water partition coefficient (Wildman–Crippen LogP) is 5.86. The van der Waals surface area contributed by atoms with Crippen molar-refractivity contribution in [3.8, 4) is 22.9 Å². The Morgan fingerprint density at radius 3 is 2.30 bits per heavy atom. The van der Waals surface area contributed by atoms with E-state index in [1.807, 2.05) is 66.9 Å². The van der Waals surface area contributed by atoms with Crippen LogP contribution < -0.4 is 4.72 Å². The minimum atomic E-state index is -3.88. The zero-order valence-electron chi connectivity index (χ0n) is 19.7. The van der Waals surface area contributed by atoms with Crippen molar-refractivity contribution < 1.29 is 12.9 Å². The molecule has 0 bridgehead atoms. The molecule has 3 aromatic carbocycles. The Balaban J connectivity index is 1.57. The van der Waals surface area contributed by atoms with Crippen LogP contribution in [-0.4, -0.2) is 24.4 Å². The summed E-state index contributed by atoms with van der Waals surface area (Å²) in [4.78, 5) is 4.72. The molecule has 0 spiro atoms. The van der Waals surface area contributed by atoms with Crippen LogP contribution in [-0.2, 0) is 10.0 Å². The average molecular weight is 508 g/mol. The Morgan fingerprint density at radius 1 is 1.00 bits per heavy atom. The van der Waals surface area contributed by atoms with Crippen LogP contribution in [0.1, 0.15) is 16.8 Å². The Hall–Kier alpha value is -4.94. The molecule has 0 saturated carbocycles. The third kappa shape index (κ3) is 5.05. The molecule has 0 saturated heterocycles. The quantitative estimate of drug-likeness (QED) is 0.277. The molecular weight excluding hydrogens is 486 g/mol. The lowest BCUT2D eigenvalue weighted by molar-refractivity contribution is 0.430. The summed E-state index contributed by atoms with van der Waals surface area (Å²) >= 11 is 0. The summed E-state index contributed by atoms with van der Waals surface area (Å²) in [5, 5.41) is 13.8. The lowest BCUT2D eigenvalue weighted by atomic mass is 10.1. The van der Waals surface area contributed by atoms with Gasteiger partial charge in [-0.2, -0.15) is 5.26 Å². The highest BCUT2D eigenvalue weighted by atomic mass is 32.2. The van der Waals surface area contributed by atoms with Crippen molar-refractivity contribution in [1.29, 1.82) is 5.26 Å². The monoisotopic (exact) mass is 507 g/mol. The number of sulfonamides is 1. The summed E-state index contributed by atoms with van der Waals surface area (Å²) in [6.45, 7) is 1.70. The second kappa shape index (κ2) is 9.97. The van der Waals surface area contributed by atoms with Gasteiger partial charge in [-0.05, 0) is 42.3 Å². The van der Waals surface area contributed by atoms with Crippen molar-refractivity contribution in [1.82, 2.24) is 9.72 Å². The summed E-state index contributed by atoms with van der Waals surface area (Å²) in [7, 11) is -3.88. The summed E-state index contributed by atoms with van der Waals surface area (Å²) in [6, 6.07) is 29.3. The molecule has 0 unspecified atom stereocenters. The summed E-state index contributed by atoms with van der Waals surface area (Å²) in [6.07, 6.45) is 3.54. The maximum Gasteiger partial charge on any atom is 0.264 e. The third-order valence-corrected chi connectivity index (χ3v) is 6.96. The lowest BCUT2D eigenvalue weighted by Crippen LogP contribution is -2.12. The van der Waals surface area contributed by atoms with E-state index in [2.05, 4.69) is 20.9 Å². The fourth-order valence-electron chi connectivity index (χ4n) is 3.83. The van der Waals surface area contributed by atoms with Crippen LogP contribution in [0, 0.1) is 18.3 Å². The van der Waals surface area contributed by atoms with Crippen LogP contribution in [0.2, 0.25) is 0 Å². The van der Waals surface area contributed by atoms with Gasteiger partial charge in [0.25, 0.3) is 10.0 Å². The Morgan fingerprint density at radius 2 is 1.68 bits per heavy atom. The van der Waals surface area contributed by atoms with E-state index in [-0.39, 0.29) is 10.8 Å². The Bertz CT molecular complexity index is 1710. The fraction of sp³-hybridized carbons (Fsp3) is 0.0357. The number of hydrogen-bond donors (Lipinski definition) is 1. The van der Waals surface area contributed by atoms with E-state index in [0.717, 1.165) is 16.7 Å². The molecule has 182 valence electrons. The van der Waals surface area contributed by atoms with E-state index in [1.165, 1.54) is 18.2 Å². The van der Waals surface area contributed by atoms with Crippen LogP contribution in [0.4, 0.5) is 11.7 Å². The van der Waals surface area contributed by atoms with Gasteiger partial charge in [0, 0.05) is 29.7 Å². The van der Waals surface area contributed by atoms with Gasteiger partial charge in [-0.15, -0.1) is 0 Å². The number of rotatable bonds is 7. The molecule has 0 aliphatic rings. The van der Waals surface area contributed by atoms with E-state index in [4.69, 9.17) is 4.52 Å². The van der Waals surface area contributed by atoms with E-state index in [1.54, 1.807) is 29.8 Å². The van der Waals surface area contributed by atoms with Crippen molar-refractivity contribution in [2.75, 3.05) is 4.72 Å². The first-order valence-corrected chi connectivity index (χ1v) is 12.8. The number of aliphatic imine (C=N–C) groups is 1. The number of nitrogens with zero attached hydrogens (tertiary/aromatic N) is 4. The highest BCUT2D eigenvalue weighted by Gasteiger charge is 2.20. The topological polar surface area (TPSA) is 113 Å². The van der Waals surface area contributed by atoms with Gasteiger partial charge < -0.3 is 9.09 Å². The van der Waals surface area contributed by atoms with Crippen LogP contribution in [0.15, 0.2) is 112 Å². The Labute approximate surface area is 214 Å². The Kier molecular flexibility index (Phi) is 6.41. The number of anilines is 1. The van der Waals surface area contributed by atoms with Crippen LogP contribution in [0.5, 0.6) is 0 Å². The molecule has 37 heavy (non-hydrogen) atoms. The van der Waals surface area contributed by atoms with Crippen LogP contribution in [0.3, 0.4) is 0 Å². The molecule has 0 atom stereocenters. The molecule has 0 fully saturated rings. The second-order valence-corrected chi connectivity index (χ2v) is 9.87. The van der Waals surface area contributed by atoms with Gasteiger partial charge in [0.1, 0.15) is 11.6 Å². The van der Waals surface area contributed by atoms with Crippen molar-refractivity contribution in [2.45, 2.75) is 11.8 Å². The first-order valence-electron chi connectivity index (χ1n) is 11.3. The number of hydrogen-bond acceptors (Lipinski definition) is 6. The van der Waals surface area contributed by atoms with Crippen LogP contribution in [0.25, 0.3) is 16.8 Å². The van der Waals surface area contributed by atoms with Crippen molar-refractivity contribution in [3.63, 3.8) is 0 Å². The molecule has 0 radical (unpaired) electrons. The minimum absolute atomic E-state index is 0.0377. The van der Waals surface area contributed by atoms with Crippen molar-refractivity contribution in [2.24, 2.45) is 4.99 Å². The van der Waals surface area contributed by atoms with E-state index >= 15 is 0 Å². The number of aromatic nitrogens is 2. The molecular formula is C28H21N5O3S. The summed E-state index contributed by atoms with van der Waals surface area (Å²) < 4.78 is 34.7.